The van der Waals surface area contributed by atoms with Crippen LogP contribution in [-0.4, -0.2) is 27.8 Å². The Bertz CT molecular complexity index is 3870. The molecule has 8 aromatic carbocycles. The Kier molecular flexibility index (Phi) is 12.5. The van der Waals surface area contributed by atoms with Crippen LogP contribution in [0.5, 0.6) is 0 Å². The summed E-state index contributed by atoms with van der Waals surface area (Å²) >= 11 is -0.538. The second-order valence-corrected chi connectivity index (χ2v) is 31.3. The molecule has 11 rings (SSSR count). The molecule has 71 heavy (non-hydrogen) atoms. The van der Waals surface area contributed by atoms with Gasteiger partial charge in [-0.05, 0) is 103 Å². The maximum Gasteiger partial charge on any atom is 0 e. The Morgan fingerprint density at radius 2 is 1.25 bits per heavy atom. The Morgan fingerprint density at radius 1 is 0.606 bits per heavy atom. The van der Waals surface area contributed by atoms with E-state index in [0.717, 1.165) is 26.8 Å². The smallest absolute Gasteiger partial charge is 0 e. The average Bonchev–Trinajstić information content (AvgIpc) is 4.05. The molecule has 11 aromatic rings. The maximum absolute atomic E-state index is 7.82. The van der Waals surface area contributed by atoms with Crippen LogP contribution in [0.15, 0.2) is 182 Å². The van der Waals surface area contributed by atoms with E-state index in [9.17, 15) is 0 Å². The summed E-state index contributed by atoms with van der Waals surface area (Å²) in [4.78, 5) is 9.81. The fourth-order valence-corrected chi connectivity index (χ4v) is 13.4. The number of pyridine rings is 1. The van der Waals surface area contributed by atoms with Gasteiger partial charge in [-0.2, -0.15) is 11.3 Å². The molecule has 0 aliphatic heterocycles. The predicted molar refractivity (Wildman–Crippen MR) is 304 cm³/mol. The fraction of sp³-hybridized carbons (Fsp3) is 0.169. The van der Waals surface area contributed by atoms with Gasteiger partial charge in [0.05, 0.1) is 16.9 Å². The molecule has 0 spiro atoms. The first-order valence-corrected chi connectivity index (χ1v) is 32.2. The summed E-state index contributed by atoms with van der Waals surface area (Å²) in [6, 6.07) is 67.5. The van der Waals surface area contributed by atoms with Crippen LogP contribution < -0.4 is 4.40 Å². The van der Waals surface area contributed by atoms with Gasteiger partial charge in [0.1, 0.15) is 0 Å². The number of thiophene rings is 1. The molecule has 0 unspecified atom stereocenters. The maximum atomic E-state index is 7.82. The molecule has 1 radical (unpaired) electrons. The van der Waals surface area contributed by atoms with Gasteiger partial charge in [-0.25, -0.2) is 0 Å². The Labute approximate surface area is 448 Å². The molecular weight excluding hydrogens is 1120 g/mol. The van der Waals surface area contributed by atoms with E-state index in [-0.39, 0.29) is 25.7 Å². The van der Waals surface area contributed by atoms with Crippen LogP contribution in [0.3, 0.4) is 0 Å². The van der Waals surface area contributed by atoms with Crippen molar-refractivity contribution in [2.45, 2.75) is 70.5 Å². The number of rotatable bonds is 9. The zero-order valence-electron chi connectivity index (χ0n) is 47.1. The second kappa shape index (κ2) is 20.9. The second-order valence-electron chi connectivity index (χ2n) is 19.6. The van der Waals surface area contributed by atoms with Crippen LogP contribution in [0, 0.1) is 25.8 Å². The molecule has 3 heterocycles. The molecule has 0 N–H and O–H groups in total. The topological polar surface area (TPSA) is 30.7 Å². The third kappa shape index (κ3) is 10.2. The number of aryl methyl sites for hydroxylation is 2. The third-order valence-electron chi connectivity index (χ3n) is 13.1. The molecular formula is C65H59GeIrN3S-2. The van der Waals surface area contributed by atoms with E-state index in [1.165, 1.54) is 82.5 Å². The van der Waals surface area contributed by atoms with Gasteiger partial charge in [-0.3, -0.25) is 4.98 Å². The van der Waals surface area contributed by atoms with Crippen molar-refractivity contribution in [3.8, 4) is 61.7 Å². The molecule has 6 heteroatoms. The number of hydrogen-bond acceptors (Lipinski definition) is 3. The number of imidazole rings is 1. The van der Waals surface area contributed by atoms with Gasteiger partial charge in [0.25, 0.3) is 0 Å². The largest absolute Gasteiger partial charge is 0 e. The molecule has 3 aromatic heterocycles. The zero-order valence-corrected chi connectivity index (χ0v) is 46.4. The summed E-state index contributed by atoms with van der Waals surface area (Å²) < 4.78 is 51.4. The van der Waals surface area contributed by atoms with E-state index in [0.29, 0.717) is 28.7 Å². The number of hydrogen-bond donors (Lipinski definition) is 0. The molecule has 0 fully saturated rings. The molecule has 355 valence electrons. The normalized spacial score (nSPS) is 13.2. The van der Waals surface area contributed by atoms with Crippen LogP contribution in [0.25, 0.3) is 92.9 Å². The Morgan fingerprint density at radius 3 is 1.90 bits per heavy atom. The first-order valence-electron chi connectivity index (χ1n) is 27.0. The minimum atomic E-state index is -2.38. The number of benzene rings is 8. The SMILES string of the molecule is CC(C)c1cc(-c2ccccc2)cc(C(C)C)c1-n1c(-c2[c-]ccc3c2sc2cc(-c4cccc(-c5ccccc5)c4)ccc23)nc2ccccc21.[2H]C([2H])([2H])c1c[c-]c(-c2cc(C([2H])([2H])[2H])[c]([Ge]([CH3])([CH3])[CH3])cn2)cc1.[Ir]. The van der Waals surface area contributed by atoms with E-state index >= 15 is 0 Å². The molecule has 0 bridgehead atoms. The number of aromatic nitrogens is 3. The summed E-state index contributed by atoms with van der Waals surface area (Å²) in [5.41, 5.74) is 16.0. The summed E-state index contributed by atoms with van der Waals surface area (Å²) in [7, 11) is 0. The van der Waals surface area contributed by atoms with E-state index in [1.54, 1.807) is 18.3 Å². The van der Waals surface area contributed by atoms with Gasteiger partial charge in [0.2, 0.25) is 0 Å². The van der Waals surface area contributed by atoms with Crippen LogP contribution in [0.1, 0.15) is 70.0 Å². The first-order chi connectivity index (χ1) is 36.2. The molecule has 0 amide bonds. The van der Waals surface area contributed by atoms with Crippen molar-refractivity contribution in [3.05, 3.63) is 217 Å². The van der Waals surface area contributed by atoms with Crippen molar-refractivity contribution in [1.29, 1.82) is 0 Å². The first kappa shape index (κ1) is 42.5. The van der Waals surface area contributed by atoms with Crippen molar-refractivity contribution in [1.82, 2.24) is 14.5 Å². The van der Waals surface area contributed by atoms with Crippen molar-refractivity contribution < 1.29 is 28.3 Å². The fourth-order valence-electron chi connectivity index (χ4n) is 9.42. The summed E-state index contributed by atoms with van der Waals surface area (Å²) in [6.07, 6.45) is 1.67. The van der Waals surface area contributed by atoms with Crippen LogP contribution in [-0.2, 0) is 20.1 Å². The molecule has 0 aliphatic rings. The Hall–Kier alpha value is -6.21. The average molecular weight is 1190 g/mol. The standard InChI is InChI=1S/C49H39N2S.C16H20GeN.Ir/c1-31(2)42-28-38(34-17-9-6-10-18-34)29-43(32(3)4)47(42)51-45-24-12-11-23-44(45)50-49(51)41-22-14-21-40-39-26-25-37(30-46(39)52-48(40)41)36-20-13-19-35(27-36)33-15-7-5-8-16-33;1-12-6-8-14(9-7-12)16-10-13(2)15(11-18-16)17(3,4)5;/h5-21,23-32H,1-4H3;6-8,10-11H,1-5H3;/q2*-1;/i;1D3,2D3;. The molecule has 0 atom stereocenters. The summed E-state index contributed by atoms with van der Waals surface area (Å²) in [6.45, 7) is 4.84. The summed E-state index contributed by atoms with van der Waals surface area (Å²) in [5.74, 6) is 7.92. The van der Waals surface area contributed by atoms with Crippen LogP contribution >= 0.6 is 11.3 Å². The van der Waals surface area contributed by atoms with Gasteiger partial charge >= 0.3 is 121 Å². The number of para-hydroxylation sites is 2. The quantitative estimate of drug-likeness (QED) is 0.107. The van der Waals surface area contributed by atoms with Crippen molar-refractivity contribution >= 4 is 60.2 Å². The van der Waals surface area contributed by atoms with Gasteiger partial charge < -0.3 is 4.57 Å². The van der Waals surface area contributed by atoms with E-state index in [4.69, 9.17) is 13.2 Å². The monoisotopic (exact) mass is 1190 g/mol. The predicted octanol–water partition coefficient (Wildman–Crippen LogP) is 17.8. The van der Waals surface area contributed by atoms with Gasteiger partial charge in [-0.1, -0.05) is 142 Å². The zero-order chi connectivity index (χ0) is 53.7. The van der Waals surface area contributed by atoms with E-state index in [2.05, 4.69) is 218 Å². The minimum absolute atomic E-state index is 0. The van der Waals surface area contributed by atoms with Crippen molar-refractivity contribution in [2.24, 2.45) is 0 Å². The molecule has 0 aliphatic carbocycles. The molecule has 0 saturated heterocycles. The van der Waals surface area contributed by atoms with Gasteiger partial charge in [0, 0.05) is 30.5 Å². The minimum Gasteiger partial charge on any atom is 0 e. The van der Waals surface area contributed by atoms with E-state index in [1.807, 2.05) is 11.3 Å². The third-order valence-corrected chi connectivity index (χ3v) is 18.5. The Balaban J connectivity index is 0.000000244. The number of fused-ring (bicyclic) bond motifs is 4. The van der Waals surface area contributed by atoms with Gasteiger partial charge in [0.15, 0.2) is 0 Å². The van der Waals surface area contributed by atoms with Gasteiger partial charge in [-0.15, -0.1) is 18.2 Å². The van der Waals surface area contributed by atoms with Crippen LogP contribution in [0.2, 0.25) is 17.3 Å². The van der Waals surface area contributed by atoms with Crippen molar-refractivity contribution in [3.63, 3.8) is 0 Å². The molecule has 0 saturated carbocycles. The number of nitrogens with zero attached hydrogens (tertiary/aromatic N) is 3. The van der Waals surface area contributed by atoms with E-state index < -0.39 is 27.0 Å². The molecule has 3 nitrogen and oxygen atoms in total. The van der Waals surface area contributed by atoms with Crippen LogP contribution in [0.4, 0.5) is 0 Å². The summed E-state index contributed by atoms with van der Waals surface area (Å²) in [5, 5.41) is 2.50. The van der Waals surface area contributed by atoms with Crippen molar-refractivity contribution in [2.75, 3.05) is 0 Å².